The zero-order valence-corrected chi connectivity index (χ0v) is 19.8. The fraction of sp³-hybridized carbons (Fsp3) is 0.364. The van der Waals surface area contributed by atoms with Gasteiger partial charge in [-0.2, -0.15) is 0 Å². The minimum atomic E-state index is -3.72. The molecule has 2 unspecified atom stereocenters. The van der Waals surface area contributed by atoms with Crippen molar-refractivity contribution in [2.24, 2.45) is 0 Å². The van der Waals surface area contributed by atoms with Crippen molar-refractivity contribution in [3.05, 3.63) is 53.8 Å². The molecule has 2 atom stereocenters. The number of amides is 1. The normalized spacial score (nSPS) is 19.8. The van der Waals surface area contributed by atoms with Crippen LogP contribution in [0.2, 0.25) is 0 Å². The lowest BCUT2D eigenvalue weighted by Crippen LogP contribution is -2.60. The Morgan fingerprint density at radius 1 is 1.28 bits per heavy atom. The van der Waals surface area contributed by atoms with E-state index in [2.05, 4.69) is 10.4 Å². The maximum Gasteiger partial charge on any atom is 0.235 e. The molecule has 10 heteroatoms. The number of hydrogen-bond donors (Lipinski definition) is 1. The summed E-state index contributed by atoms with van der Waals surface area (Å²) in [6.07, 6.45) is 0. The number of hydrogen-bond acceptors (Lipinski definition) is 7. The second-order valence-corrected chi connectivity index (χ2v) is 11.6. The van der Waals surface area contributed by atoms with Crippen LogP contribution in [0.4, 0.5) is 9.52 Å². The minimum Gasteiger partial charge on any atom is -0.486 e. The monoisotopic (exact) mass is 477 g/mol. The average molecular weight is 478 g/mol. The number of halogens is 1. The number of aromatic nitrogens is 1. The van der Waals surface area contributed by atoms with Crippen molar-refractivity contribution in [1.82, 2.24) is 10.4 Å². The SMILES string of the molecule is CCS(=O)(=O)C1C(N(NC(C)=O)c2nc3ccccc3s2)c2cc(F)ccc2OC1(C)C. The summed E-state index contributed by atoms with van der Waals surface area (Å²) in [5, 5.41) is 0.747. The highest BCUT2D eigenvalue weighted by molar-refractivity contribution is 7.92. The third kappa shape index (κ3) is 3.93. The van der Waals surface area contributed by atoms with Crippen LogP contribution in [0.1, 0.15) is 39.3 Å². The number of nitrogens with zero attached hydrogens (tertiary/aromatic N) is 2. The van der Waals surface area contributed by atoms with E-state index in [-0.39, 0.29) is 5.75 Å². The first-order valence-electron chi connectivity index (χ1n) is 10.2. The molecule has 32 heavy (non-hydrogen) atoms. The van der Waals surface area contributed by atoms with Gasteiger partial charge in [0.25, 0.3) is 0 Å². The van der Waals surface area contributed by atoms with E-state index < -0.39 is 38.5 Å². The number of nitrogens with one attached hydrogen (secondary N) is 1. The minimum absolute atomic E-state index is 0.140. The van der Waals surface area contributed by atoms with E-state index >= 15 is 0 Å². The lowest BCUT2D eigenvalue weighted by atomic mass is 9.88. The molecule has 0 saturated heterocycles. The number of thiazole rings is 1. The number of fused-ring (bicyclic) bond motifs is 2. The molecule has 0 aliphatic carbocycles. The number of anilines is 1. The van der Waals surface area contributed by atoms with Crippen LogP contribution < -0.4 is 15.2 Å². The highest BCUT2D eigenvalue weighted by Crippen LogP contribution is 2.47. The summed E-state index contributed by atoms with van der Waals surface area (Å²) in [7, 11) is -3.72. The summed E-state index contributed by atoms with van der Waals surface area (Å²) >= 11 is 1.31. The summed E-state index contributed by atoms with van der Waals surface area (Å²) in [4.78, 5) is 16.8. The van der Waals surface area contributed by atoms with E-state index in [1.165, 1.54) is 41.5 Å². The van der Waals surface area contributed by atoms with Crippen molar-refractivity contribution in [1.29, 1.82) is 0 Å². The third-order valence-corrected chi connectivity index (χ3v) is 8.91. The predicted octanol–water partition coefficient (Wildman–Crippen LogP) is 4.01. The van der Waals surface area contributed by atoms with E-state index in [0.717, 1.165) is 4.70 Å². The van der Waals surface area contributed by atoms with Crippen molar-refractivity contribution in [2.45, 2.75) is 44.6 Å². The van der Waals surface area contributed by atoms with Crippen molar-refractivity contribution in [3.8, 4) is 5.75 Å². The molecule has 4 rings (SSSR count). The van der Waals surface area contributed by atoms with Crippen LogP contribution in [0.15, 0.2) is 42.5 Å². The van der Waals surface area contributed by atoms with E-state index in [9.17, 15) is 17.6 Å². The van der Waals surface area contributed by atoms with Gasteiger partial charge in [0, 0.05) is 18.2 Å². The van der Waals surface area contributed by atoms with Crippen LogP contribution in [0.5, 0.6) is 5.75 Å². The largest absolute Gasteiger partial charge is 0.486 e. The molecule has 0 bridgehead atoms. The Labute approximate surface area is 190 Å². The van der Waals surface area contributed by atoms with Gasteiger partial charge in [-0.05, 0) is 44.2 Å². The number of rotatable bonds is 5. The van der Waals surface area contributed by atoms with Crippen LogP contribution in [-0.2, 0) is 14.6 Å². The van der Waals surface area contributed by atoms with Gasteiger partial charge in [-0.3, -0.25) is 15.2 Å². The molecule has 3 aromatic rings. The van der Waals surface area contributed by atoms with Gasteiger partial charge in [0.15, 0.2) is 9.84 Å². The summed E-state index contributed by atoms with van der Waals surface area (Å²) in [5.74, 6) is -0.712. The first-order valence-corrected chi connectivity index (χ1v) is 12.7. The highest BCUT2D eigenvalue weighted by atomic mass is 32.2. The lowest BCUT2D eigenvalue weighted by molar-refractivity contribution is -0.119. The summed E-state index contributed by atoms with van der Waals surface area (Å²) in [5.41, 5.74) is 2.64. The van der Waals surface area contributed by atoms with Crippen molar-refractivity contribution in [3.63, 3.8) is 0 Å². The number of ether oxygens (including phenoxy) is 1. The Bertz CT molecular complexity index is 1260. The molecule has 0 fully saturated rings. The van der Waals surface area contributed by atoms with Crippen LogP contribution in [0, 0.1) is 5.82 Å². The number of para-hydroxylation sites is 1. The Kier molecular flexibility index (Phi) is 5.62. The maximum atomic E-state index is 14.3. The number of sulfone groups is 1. The van der Waals surface area contributed by atoms with E-state index in [1.807, 2.05) is 24.3 Å². The maximum absolute atomic E-state index is 14.3. The van der Waals surface area contributed by atoms with Gasteiger partial charge >= 0.3 is 0 Å². The summed E-state index contributed by atoms with van der Waals surface area (Å²) < 4.78 is 47.9. The number of carbonyl (C=O) groups is 1. The Morgan fingerprint density at radius 3 is 2.66 bits per heavy atom. The zero-order valence-electron chi connectivity index (χ0n) is 18.1. The van der Waals surface area contributed by atoms with Gasteiger partial charge in [0.2, 0.25) is 11.0 Å². The van der Waals surface area contributed by atoms with Crippen LogP contribution >= 0.6 is 11.3 Å². The quantitative estimate of drug-likeness (QED) is 0.559. The second kappa shape index (κ2) is 8.00. The third-order valence-electron chi connectivity index (χ3n) is 5.47. The van der Waals surface area contributed by atoms with Gasteiger partial charge in [-0.25, -0.2) is 17.8 Å². The first kappa shape index (κ1) is 22.5. The molecule has 1 amide bonds. The summed E-state index contributed by atoms with van der Waals surface area (Å²) in [6, 6.07) is 10.5. The van der Waals surface area contributed by atoms with Gasteiger partial charge in [0.05, 0.1) is 10.2 Å². The highest BCUT2D eigenvalue weighted by Gasteiger charge is 2.53. The van der Waals surface area contributed by atoms with E-state index in [4.69, 9.17) is 4.74 Å². The molecule has 1 aliphatic rings. The Morgan fingerprint density at radius 2 is 2.00 bits per heavy atom. The molecular weight excluding hydrogens is 453 g/mol. The fourth-order valence-corrected chi connectivity index (χ4v) is 7.08. The molecule has 1 N–H and O–H groups in total. The fourth-order valence-electron chi connectivity index (χ4n) is 4.18. The Hall–Kier alpha value is -2.72. The molecule has 0 saturated carbocycles. The smallest absolute Gasteiger partial charge is 0.235 e. The molecule has 1 aromatic heterocycles. The molecule has 170 valence electrons. The van der Waals surface area contributed by atoms with Gasteiger partial charge in [-0.15, -0.1) is 0 Å². The molecule has 1 aliphatic heterocycles. The zero-order chi connectivity index (χ0) is 23.3. The predicted molar refractivity (Wildman–Crippen MR) is 123 cm³/mol. The van der Waals surface area contributed by atoms with Crippen molar-refractivity contribution >= 4 is 42.4 Å². The van der Waals surface area contributed by atoms with Crippen molar-refractivity contribution < 1.29 is 22.3 Å². The second-order valence-electron chi connectivity index (χ2n) is 8.21. The van der Waals surface area contributed by atoms with Crippen molar-refractivity contribution in [2.75, 3.05) is 10.8 Å². The van der Waals surface area contributed by atoms with Gasteiger partial charge < -0.3 is 4.74 Å². The lowest BCUT2D eigenvalue weighted by Gasteiger charge is -2.47. The number of carbonyl (C=O) groups excluding carboxylic acids is 1. The number of benzene rings is 2. The van der Waals surface area contributed by atoms with Crippen LogP contribution in [0.25, 0.3) is 10.2 Å². The molecule has 2 heterocycles. The van der Waals surface area contributed by atoms with Crippen LogP contribution in [0.3, 0.4) is 0 Å². The molecular formula is C22H24FN3O4S2. The van der Waals surface area contributed by atoms with E-state index in [1.54, 1.807) is 20.8 Å². The van der Waals surface area contributed by atoms with Gasteiger partial charge in [0.1, 0.15) is 28.5 Å². The van der Waals surface area contributed by atoms with Crippen LogP contribution in [-0.4, -0.2) is 35.9 Å². The standard InChI is InChI=1S/C22H24FN3O4S2/c1-5-32(28,29)20-19(15-12-14(23)10-11-17(15)30-22(20,3)4)26(25-13(2)27)21-24-16-8-6-7-9-18(16)31-21/h6-12,19-20H,5H2,1-4H3,(H,25,27). The topological polar surface area (TPSA) is 88.6 Å². The molecule has 7 nitrogen and oxygen atoms in total. The summed E-state index contributed by atoms with van der Waals surface area (Å²) in [6.45, 7) is 6.27. The molecule has 0 radical (unpaired) electrons. The molecule has 0 spiro atoms. The Balaban J connectivity index is 2.00. The van der Waals surface area contributed by atoms with E-state index in [0.29, 0.717) is 22.0 Å². The average Bonchev–Trinajstić information content (AvgIpc) is 3.15. The first-order chi connectivity index (χ1) is 15.0. The van der Waals surface area contributed by atoms with Gasteiger partial charge in [-0.1, -0.05) is 30.4 Å². The molecule has 2 aromatic carbocycles. The number of hydrazine groups is 1.